The zero-order valence-corrected chi connectivity index (χ0v) is 12.1. The van der Waals surface area contributed by atoms with Crippen LogP contribution in [0.15, 0.2) is 12.1 Å². The summed E-state index contributed by atoms with van der Waals surface area (Å²) in [6, 6.07) is 2.56. The summed E-state index contributed by atoms with van der Waals surface area (Å²) in [4.78, 5) is 38.8. The number of nitrogens with zero attached hydrogens (tertiary/aromatic N) is 3. The maximum Gasteiger partial charge on any atom is 0.366 e. The number of pyridine rings is 1. The molecule has 0 aliphatic carbocycles. The molecule has 0 saturated carbocycles. The summed E-state index contributed by atoms with van der Waals surface area (Å²) in [5, 5.41) is 13.5. The lowest BCUT2D eigenvalue weighted by molar-refractivity contribution is -0.389. The topological polar surface area (TPSA) is 115 Å². The highest BCUT2D eigenvalue weighted by Gasteiger charge is 2.33. The molecule has 0 bridgehead atoms. The Morgan fingerprint density at radius 2 is 2.32 bits per heavy atom. The number of nitrogens with one attached hydrogen (secondary N) is 1. The summed E-state index contributed by atoms with van der Waals surface area (Å²) in [7, 11) is 0. The molecule has 0 atom stereocenters. The van der Waals surface area contributed by atoms with Crippen LogP contribution in [0.25, 0.3) is 0 Å². The first kappa shape index (κ1) is 15.7. The maximum atomic E-state index is 11.9. The molecule has 9 nitrogen and oxygen atoms in total. The summed E-state index contributed by atoms with van der Waals surface area (Å²) in [5.41, 5.74) is 0. The van der Waals surface area contributed by atoms with Gasteiger partial charge in [-0.2, -0.15) is 0 Å². The predicted molar refractivity (Wildman–Crippen MR) is 76.7 cm³/mol. The maximum absolute atomic E-state index is 11.9. The third-order valence-corrected chi connectivity index (χ3v) is 3.07. The molecule has 2 heterocycles. The van der Waals surface area contributed by atoms with Crippen LogP contribution in [0.1, 0.15) is 19.8 Å². The van der Waals surface area contributed by atoms with Crippen molar-refractivity contribution in [2.24, 2.45) is 0 Å². The molecular weight excluding hydrogens is 292 g/mol. The smallest absolute Gasteiger partial charge is 0.366 e. The van der Waals surface area contributed by atoms with Gasteiger partial charge >= 0.3 is 5.82 Å². The fraction of sp³-hybridized carbons (Fsp3) is 0.462. The molecule has 1 N–H and O–H groups in total. The zero-order valence-electron chi connectivity index (χ0n) is 12.1. The van der Waals surface area contributed by atoms with E-state index in [2.05, 4.69) is 10.3 Å². The van der Waals surface area contributed by atoms with Crippen molar-refractivity contribution < 1.29 is 19.2 Å². The van der Waals surface area contributed by atoms with E-state index >= 15 is 0 Å². The quantitative estimate of drug-likeness (QED) is 0.468. The Bertz CT molecular complexity index is 604. The van der Waals surface area contributed by atoms with Gasteiger partial charge < -0.3 is 20.2 Å². The molecule has 22 heavy (non-hydrogen) atoms. The standard InChI is InChI=1S/C13H16N4O5/c1-2-3-6-14-11(18)7-16-12(19)8-22-9-4-5-10(17(20)21)15-13(9)16/h4-5H,2-3,6-8H2,1H3,(H,14,18). The number of ether oxygens (including phenoxy) is 1. The number of nitro groups is 1. The zero-order chi connectivity index (χ0) is 16.1. The first-order chi connectivity index (χ1) is 10.5. The van der Waals surface area contributed by atoms with Crippen molar-refractivity contribution >= 4 is 23.5 Å². The predicted octanol–water partition coefficient (Wildman–Crippen LogP) is 0.632. The molecule has 1 aromatic heterocycles. The third-order valence-electron chi connectivity index (χ3n) is 3.07. The second-order valence-electron chi connectivity index (χ2n) is 4.72. The van der Waals surface area contributed by atoms with Gasteiger partial charge in [0.15, 0.2) is 12.4 Å². The first-order valence-corrected chi connectivity index (χ1v) is 6.88. The SMILES string of the molecule is CCCCNC(=O)CN1C(=O)COc2ccc([N+](=O)[O-])nc21. The fourth-order valence-corrected chi connectivity index (χ4v) is 1.94. The van der Waals surface area contributed by atoms with Gasteiger partial charge in [-0.05, 0) is 22.4 Å². The van der Waals surface area contributed by atoms with E-state index in [0.717, 1.165) is 17.7 Å². The van der Waals surface area contributed by atoms with Crippen LogP contribution >= 0.6 is 0 Å². The summed E-state index contributed by atoms with van der Waals surface area (Å²) in [6.07, 6.45) is 1.77. The molecule has 1 aromatic rings. The Morgan fingerprint density at radius 3 is 3.00 bits per heavy atom. The lowest BCUT2D eigenvalue weighted by Crippen LogP contribution is -2.45. The lowest BCUT2D eigenvalue weighted by atomic mass is 10.3. The van der Waals surface area contributed by atoms with Gasteiger partial charge in [-0.15, -0.1) is 0 Å². The molecule has 0 saturated heterocycles. The van der Waals surface area contributed by atoms with E-state index in [1.807, 2.05) is 6.92 Å². The lowest BCUT2D eigenvalue weighted by Gasteiger charge is -2.24. The summed E-state index contributed by atoms with van der Waals surface area (Å²) >= 11 is 0. The van der Waals surface area contributed by atoms with Crippen LogP contribution < -0.4 is 15.0 Å². The second kappa shape index (κ2) is 6.83. The molecule has 0 fully saturated rings. The summed E-state index contributed by atoms with van der Waals surface area (Å²) in [6.45, 7) is 2.04. The van der Waals surface area contributed by atoms with E-state index in [-0.39, 0.29) is 30.6 Å². The van der Waals surface area contributed by atoms with E-state index < -0.39 is 16.6 Å². The molecule has 0 unspecified atom stereocenters. The molecule has 1 aliphatic rings. The molecule has 0 aromatic carbocycles. The van der Waals surface area contributed by atoms with Gasteiger partial charge in [-0.3, -0.25) is 14.5 Å². The monoisotopic (exact) mass is 308 g/mol. The number of hydrogen-bond acceptors (Lipinski definition) is 6. The normalized spacial score (nSPS) is 13.3. The van der Waals surface area contributed by atoms with E-state index in [0.29, 0.717) is 6.54 Å². The van der Waals surface area contributed by atoms with E-state index in [9.17, 15) is 19.7 Å². The molecule has 1 aliphatic heterocycles. The van der Waals surface area contributed by atoms with Crippen molar-refractivity contribution in [3.8, 4) is 5.75 Å². The highest BCUT2D eigenvalue weighted by Crippen LogP contribution is 2.31. The van der Waals surface area contributed by atoms with Gasteiger partial charge in [-0.25, -0.2) is 0 Å². The number of carbonyl (C=O) groups excluding carboxylic acids is 2. The Morgan fingerprint density at radius 1 is 1.55 bits per heavy atom. The van der Waals surface area contributed by atoms with Gasteiger partial charge in [0.05, 0.1) is 0 Å². The van der Waals surface area contributed by atoms with Crippen LogP contribution in [-0.2, 0) is 9.59 Å². The number of aromatic nitrogens is 1. The molecule has 2 amide bonds. The minimum atomic E-state index is -0.668. The minimum Gasteiger partial charge on any atom is -0.477 e. The number of carbonyl (C=O) groups is 2. The van der Waals surface area contributed by atoms with Crippen molar-refractivity contribution in [1.82, 2.24) is 10.3 Å². The van der Waals surface area contributed by atoms with Crippen LogP contribution in [0.3, 0.4) is 0 Å². The van der Waals surface area contributed by atoms with Crippen molar-refractivity contribution in [2.75, 3.05) is 24.6 Å². The first-order valence-electron chi connectivity index (χ1n) is 6.88. The van der Waals surface area contributed by atoms with E-state index in [1.54, 1.807) is 0 Å². The average molecular weight is 308 g/mol. The molecule has 9 heteroatoms. The molecule has 0 radical (unpaired) electrons. The Balaban J connectivity index is 2.17. The third kappa shape index (κ3) is 3.48. The van der Waals surface area contributed by atoms with Crippen molar-refractivity contribution in [3.63, 3.8) is 0 Å². The van der Waals surface area contributed by atoms with Crippen LogP contribution in [0.2, 0.25) is 0 Å². The van der Waals surface area contributed by atoms with Crippen LogP contribution in [0.4, 0.5) is 11.6 Å². The van der Waals surface area contributed by atoms with E-state index in [4.69, 9.17) is 4.74 Å². The summed E-state index contributed by atoms with van der Waals surface area (Å²) in [5.74, 6) is -0.981. The fourth-order valence-electron chi connectivity index (χ4n) is 1.94. The van der Waals surface area contributed by atoms with Gasteiger partial charge in [0.1, 0.15) is 6.54 Å². The molecule has 118 valence electrons. The van der Waals surface area contributed by atoms with Crippen molar-refractivity contribution in [3.05, 3.63) is 22.2 Å². The molecular formula is C13H16N4O5. The van der Waals surface area contributed by atoms with Crippen LogP contribution in [0.5, 0.6) is 5.75 Å². The Labute approximate surface area is 126 Å². The van der Waals surface area contributed by atoms with E-state index in [1.165, 1.54) is 12.1 Å². The summed E-state index contributed by atoms with van der Waals surface area (Å²) < 4.78 is 5.17. The Hall–Kier alpha value is -2.71. The molecule has 0 spiro atoms. The minimum absolute atomic E-state index is 0.00362. The van der Waals surface area contributed by atoms with Gasteiger partial charge in [-0.1, -0.05) is 13.3 Å². The highest BCUT2D eigenvalue weighted by atomic mass is 16.6. The number of unbranched alkanes of at least 4 members (excludes halogenated alkanes) is 1. The number of anilines is 1. The van der Waals surface area contributed by atoms with Gasteiger partial charge in [0, 0.05) is 12.6 Å². The number of fused-ring (bicyclic) bond motifs is 1. The van der Waals surface area contributed by atoms with Crippen LogP contribution in [-0.4, -0.2) is 41.4 Å². The second-order valence-corrected chi connectivity index (χ2v) is 4.72. The van der Waals surface area contributed by atoms with Crippen molar-refractivity contribution in [2.45, 2.75) is 19.8 Å². The number of rotatable bonds is 6. The number of hydrogen-bond donors (Lipinski definition) is 1. The van der Waals surface area contributed by atoms with Crippen LogP contribution in [0, 0.1) is 10.1 Å². The number of amides is 2. The Kier molecular flexibility index (Phi) is 4.87. The average Bonchev–Trinajstić information content (AvgIpc) is 2.50. The van der Waals surface area contributed by atoms with Gasteiger partial charge in [0.25, 0.3) is 11.7 Å². The van der Waals surface area contributed by atoms with Crippen molar-refractivity contribution in [1.29, 1.82) is 0 Å². The van der Waals surface area contributed by atoms with Gasteiger partial charge in [0.2, 0.25) is 5.91 Å². The highest BCUT2D eigenvalue weighted by molar-refractivity contribution is 6.01. The molecule has 2 rings (SSSR count). The largest absolute Gasteiger partial charge is 0.477 e.